The van der Waals surface area contributed by atoms with Crippen molar-refractivity contribution in [2.75, 3.05) is 11.9 Å². The molecular formula is C21H29IN4O. The Balaban J connectivity index is 0.00000364. The molecule has 0 saturated heterocycles. The third-order valence-electron chi connectivity index (χ3n) is 3.80. The molecule has 5 nitrogen and oxygen atoms in total. The molecule has 2 rings (SSSR count). The van der Waals surface area contributed by atoms with Crippen LogP contribution < -0.4 is 16.4 Å². The Morgan fingerprint density at radius 3 is 2.48 bits per heavy atom. The predicted molar refractivity (Wildman–Crippen MR) is 123 cm³/mol. The second kappa shape index (κ2) is 12.3. The molecule has 0 aromatic heterocycles. The maximum Gasteiger partial charge on any atom is 0.224 e. The number of benzene rings is 2. The molecule has 2 aromatic rings. The molecule has 0 bridgehead atoms. The van der Waals surface area contributed by atoms with Gasteiger partial charge in [0.15, 0.2) is 5.96 Å². The Morgan fingerprint density at radius 1 is 1.07 bits per heavy atom. The van der Waals surface area contributed by atoms with Crippen LogP contribution in [0, 0.1) is 5.92 Å². The molecular weight excluding hydrogens is 451 g/mol. The Morgan fingerprint density at radius 2 is 1.78 bits per heavy atom. The number of carbonyl (C=O) groups excluding carboxylic acids is 1. The van der Waals surface area contributed by atoms with E-state index in [0.29, 0.717) is 24.8 Å². The lowest BCUT2D eigenvalue weighted by atomic mass is 10.1. The summed E-state index contributed by atoms with van der Waals surface area (Å²) in [5, 5.41) is 6.05. The number of guanidine groups is 1. The Labute approximate surface area is 178 Å². The Hall–Kier alpha value is -2.09. The van der Waals surface area contributed by atoms with E-state index in [2.05, 4.69) is 27.8 Å². The average molecular weight is 480 g/mol. The van der Waals surface area contributed by atoms with Crippen molar-refractivity contribution in [1.82, 2.24) is 5.32 Å². The molecule has 0 aliphatic rings. The summed E-state index contributed by atoms with van der Waals surface area (Å²) in [5.74, 6) is 0.794. The van der Waals surface area contributed by atoms with Crippen LogP contribution in [-0.2, 0) is 17.8 Å². The zero-order valence-electron chi connectivity index (χ0n) is 15.9. The van der Waals surface area contributed by atoms with Gasteiger partial charge in [0.2, 0.25) is 5.91 Å². The molecule has 0 aliphatic carbocycles. The summed E-state index contributed by atoms with van der Waals surface area (Å²) in [5.41, 5.74) is 8.98. The van der Waals surface area contributed by atoms with Crippen LogP contribution in [0.15, 0.2) is 59.6 Å². The summed E-state index contributed by atoms with van der Waals surface area (Å²) in [6.07, 6.45) is 1.41. The lowest BCUT2D eigenvalue weighted by Crippen LogP contribution is -2.33. The van der Waals surface area contributed by atoms with Gasteiger partial charge >= 0.3 is 0 Å². The number of aliphatic imine (C=N–C) groups is 1. The van der Waals surface area contributed by atoms with Crippen molar-refractivity contribution in [2.24, 2.45) is 16.6 Å². The quantitative estimate of drug-likeness (QED) is 0.304. The van der Waals surface area contributed by atoms with Crippen molar-refractivity contribution in [3.63, 3.8) is 0 Å². The number of nitrogens with two attached hydrogens (primary N) is 1. The van der Waals surface area contributed by atoms with Crippen LogP contribution in [0.5, 0.6) is 0 Å². The fourth-order valence-electron chi connectivity index (χ4n) is 2.54. The number of nitrogens with zero attached hydrogens (tertiary/aromatic N) is 1. The molecule has 27 heavy (non-hydrogen) atoms. The van der Waals surface area contributed by atoms with Crippen LogP contribution in [0.2, 0.25) is 0 Å². The molecule has 146 valence electrons. The molecule has 0 atom stereocenters. The van der Waals surface area contributed by atoms with Crippen LogP contribution in [0.4, 0.5) is 5.69 Å². The summed E-state index contributed by atoms with van der Waals surface area (Å²) < 4.78 is 0. The summed E-state index contributed by atoms with van der Waals surface area (Å²) >= 11 is 0. The van der Waals surface area contributed by atoms with E-state index in [1.165, 1.54) is 5.56 Å². The lowest BCUT2D eigenvalue weighted by Gasteiger charge is -2.09. The maximum atomic E-state index is 11.9. The van der Waals surface area contributed by atoms with Gasteiger partial charge in [-0.3, -0.25) is 4.79 Å². The highest BCUT2D eigenvalue weighted by Crippen LogP contribution is 2.13. The van der Waals surface area contributed by atoms with Gasteiger partial charge in [-0.25, -0.2) is 4.99 Å². The van der Waals surface area contributed by atoms with Crippen molar-refractivity contribution < 1.29 is 4.79 Å². The molecule has 2 aromatic carbocycles. The van der Waals surface area contributed by atoms with E-state index in [9.17, 15) is 4.79 Å². The Kier molecular flexibility index (Phi) is 10.5. The molecule has 0 radical (unpaired) electrons. The first-order chi connectivity index (χ1) is 12.5. The number of halogens is 1. The van der Waals surface area contributed by atoms with Crippen molar-refractivity contribution in [2.45, 2.75) is 33.2 Å². The summed E-state index contributed by atoms with van der Waals surface area (Å²) in [6, 6.07) is 17.9. The SMILES string of the molecule is CC(C)CC(=O)Nc1cccc(CN=C(N)NCCc2ccccc2)c1.I. The first kappa shape index (κ1) is 23.0. The minimum absolute atomic E-state index is 0. The van der Waals surface area contributed by atoms with Crippen LogP contribution in [0.25, 0.3) is 0 Å². The van der Waals surface area contributed by atoms with E-state index in [4.69, 9.17) is 5.73 Å². The van der Waals surface area contributed by atoms with Crippen molar-refractivity contribution in [3.05, 3.63) is 65.7 Å². The minimum Gasteiger partial charge on any atom is -0.370 e. The summed E-state index contributed by atoms with van der Waals surface area (Å²) in [7, 11) is 0. The molecule has 0 aliphatic heterocycles. The lowest BCUT2D eigenvalue weighted by molar-refractivity contribution is -0.116. The van der Waals surface area contributed by atoms with E-state index in [0.717, 1.165) is 24.2 Å². The molecule has 0 fully saturated rings. The van der Waals surface area contributed by atoms with E-state index in [1.54, 1.807) is 0 Å². The standard InChI is InChI=1S/C21H28N4O.HI/c1-16(2)13-20(26)25-19-10-6-9-18(14-19)15-24-21(22)23-12-11-17-7-4-3-5-8-17;/h3-10,14,16H,11-13,15H2,1-2H3,(H,25,26)(H3,22,23,24);1H. The maximum absolute atomic E-state index is 11.9. The zero-order valence-corrected chi connectivity index (χ0v) is 18.3. The normalized spacial score (nSPS) is 11.0. The predicted octanol–water partition coefficient (Wildman–Crippen LogP) is 3.94. The first-order valence-corrected chi connectivity index (χ1v) is 8.99. The molecule has 0 saturated carbocycles. The molecule has 4 N–H and O–H groups in total. The third-order valence-corrected chi connectivity index (χ3v) is 3.80. The zero-order chi connectivity index (χ0) is 18.8. The van der Waals surface area contributed by atoms with Gasteiger partial charge in [0.1, 0.15) is 0 Å². The van der Waals surface area contributed by atoms with Gasteiger partial charge in [-0.15, -0.1) is 24.0 Å². The van der Waals surface area contributed by atoms with Gasteiger partial charge in [0.25, 0.3) is 0 Å². The fourth-order valence-corrected chi connectivity index (χ4v) is 2.54. The average Bonchev–Trinajstić information content (AvgIpc) is 2.60. The molecule has 1 amide bonds. The topological polar surface area (TPSA) is 79.5 Å². The van der Waals surface area contributed by atoms with Gasteiger partial charge in [-0.1, -0.05) is 56.3 Å². The Bertz CT molecular complexity index is 732. The highest BCUT2D eigenvalue weighted by Gasteiger charge is 2.05. The fraction of sp³-hybridized carbons (Fsp3) is 0.333. The number of carbonyl (C=O) groups is 1. The number of nitrogens with one attached hydrogen (secondary N) is 2. The van der Waals surface area contributed by atoms with Crippen LogP contribution in [0.3, 0.4) is 0 Å². The van der Waals surface area contributed by atoms with Crippen LogP contribution in [0.1, 0.15) is 31.4 Å². The number of hydrogen-bond acceptors (Lipinski definition) is 2. The highest BCUT2D eigenvalue weighted by molar-refractivity contribution is 14.0. The number of amides is 1. The third kappa shape index (κ3) is 9.42. The molecule has 0 heterocycles. The number of anilines is 1. The summed E-state index contributed by atoms with van der Waals surface area (Å²) in [6.45, 7) is 5.26. The smallest absolute Gasteiger partial charge is 0.224 e. The van der Waals surface area contributed by atoms with E-state index < -0.39 is 0 Å². The second-order valence-electron chi connectivity index (χ2n) is 6.71. The summed E-state index contributed by atoms with van der Waals surface area (Å²) in [4.78, 5) is 16.2. The van der Waals surface area contributed by atoms with Gasteiger partial charge in [0.05, 0.1) is 6.54 Å². The largest absolute Gasteiger partial charge is 0.370 e. The van der Waals surface area contributed by atoms with Gasteiger partial charge in [-0.05, 0) is 35.6 Å². The van der Waals surface area contributed by atoms with Gasteiger partial charge < -0.3 is 16.4 Å². The first-order valence-electron chi connectivity index (χ1n) is 8.99. The number of rotatable bonds is 8. The van der Waals surface area contributed by atoms with Gasteiger partial charge in [0, 0.05) is 18.7 Å². The van der Waals surface area contributed by atoms with Gasteiger partial charge in [-0.2, -0.15) is 0 Å². The van der Waals surface area contributed by atoms with E-state index >= 15 is 0 Å². The molecule has 6 heteroatoms. The van der Waals surface area contributed by atoms with Crippen molar-refractivity contribution >= 4 is 41.5 Å². The van der Waals surface area contributed by atoms with Crippen LogP contribution in [-0.4, -0.2) is 18.4 Å². The molecule has 0 spiro atoms. The van der Waals surface area contributed by atoms with E-state index in [-0.39, 0.29) is 29.9 Å². The number of hydrogen-bond donors (Lipinski definition) is 3. The van der Waals surface area contributed by atoms with E-state index in [1.807, 2.05) is 56.3 Å². The molecule has 0 unspecified atom stereocenters. The second-order valence-corrected chi connectivity index (χ2v) is 6.71. The van der Waals surface area contributed by atoms with Crippen molar-refractivity contribution in [1.29, 1.82) is 0 Å². The minimum atomic E-state index is 0. The van der Waals surface area contributed by atoms with Crippen LogP contribution >= 0.6 is 24.0 Å². The highest BCUT2D eigenvalue weighted by atomic mass is 127. The van der Waals surface area contributed by atoms with Crippen molar-refractivity contribution in [3.8, 4) is 0 Å². The monoisotopic (exact) mass is 480 g/mol.